The number of benzene rings is 1. The fourth-order valence-corrected chi connectivity index (χ4v) is 2.29. The Morgan fingerprint density at radius 1 is 1.43 bits per heavy atom. The molecule has 0 aliphatic rings. The van der Waals surface area contributed by atoms with Crippen LogP contribution < -0.4 is 4.72 Å². The molecule has 0 aliphatic heterocycles. The van der Waals surface area contributed by atoms with E-state index in [1.165, 1.54) is 19.2 Å². The van der Waals surface area contributed by atoms with Crippen LogP contribution in [0.1, 0.15) is 5.56 Å². The van der Waals surface area contributed by atoms with Gasteiger partial charge in [0.15, 0.2) is 0 Å². The van der Waals surface area contributed by atoms with Crippen LogP contribution in [0.15, 0.2) is 23.1 Å². The average molecular weight is 254 g/mol. The van der Waals surface area contributed by atoms with Crippen LogP contribution in [-0.4, -0.2) is 15.5 Å². The summed E-state index contributed by atoms with van der Waals surface area (Å²) in [5, 5.41) is 0.358. The van der Waals surface area contributed by atoms with Gasteiger partial charge >= 0.3 is 0 Å². The highest BCUT2D eigenvalue weighted by molar-refractivity contribution is 7.89. The predicted octanol–water partition coefficient (Wildman–Crippen LogP) is 1.99. The van der Waals surface area contributed by atoms with Gasteiger partial charge in [0.05, 0.1) is 4.90 Å². The van der Waals surface area contributed by atoms with E-state index in [4.69, 9.17) is 23.2 Å². The van der Waals surface area contributed by atoms with E-state index >= 15 is 0 Å². The van der Waals surface area contributed by atoms with Crippen molar-refractivity contribution in [2.24, 2.45) is 0 Å². The van der Waals surface area contributed by atoms with E-state index in [9.17, 15) is 8.42 Å². The molecule has 1 N–H and O–H groups in total. The molecule has 6 heteroatoms. The van der Waals surface area contributed by atoms with Crippen molar-refractivity contribution in [3.63, 3.8) is 0 Å². The third-order valence-electron chi connectivity index (χ3n) is 1.75. The Bertz CT molecular complexity index is 431. The van der Waals surface area contributed by atoms with Gasteiger partial charge in [-0.05, 0) is 24.7 Å². The summed E-state index contributed by atoms with van der Waals surface area (Å²) >= 11 is 11.4. The first-order chi connectivity index (χ1) is 6.51. The van der Waals surface area contributed by atoms with E-state index < -0.39 is 10.0 Å². The molecule has 1 aromatic rings. The molecule has 0 amide bonds. The average Bonchev–Trinajstić information content (AvgIpc) is 2.17. The highest BCUT2D eigenvalue weighted by Gasteiger charge is 2.12. The minimum atomic E-state index is -3.42. The first-order valence-electron chi connectivity index (χ1n) is 3.79. The van der Waals surface area contributed by atoms with E-state index in [2.05, 4.69) is 4.72 Å². The first-order valence-corrected chi connectivity index (χ1v) is 6.19. The summed E-state index contributed by atoms with van der Waals surface area (Å²) < 4.78 is 24.9. The number of nitrogens with one attached hydrogen (secondary N) is 1. The van der Waals surface area contributed by atoms with Crippen LogP contribution in [0.5, 0.6) is 0 Å². The molecule has 0 fully saturated rings. The van der Waals surface area contributed by atoms with Gasteiger partial charge < -0.3 is 0 Å². The number of hydrogen-bond acceptors (Lipinski definition) is 2. The van der Waals surface area contributed by atoms with Crippen molar-refractivity contribution in [3.05, 3.63) is 28.8 Å². The number of halogens is 2. The molecule has 3 nitrogen and oxygen atoms in total. The quantitative estimate of drug-likeness (QED) is 0.838. The van der Waals surface area contributed by atoms with Crippen molar-refractivity contribution in [2.45, 2.75) is 10.8 Å². The van der Waals surface area contributed by atoms with Gasteiger partial charge in [0.25, 0.3) is 0 Å². The van der Waals surface area contributed by atoms with Crippen LogP contribution in [0.2, 0.25) is 5.02 Å². The zero-order valence-corrected chi connectivity index (χ0v) is 9.75. The molecule has 1 rings (SSSR count). The van der Waals surface area contributed by atoms with Crippen LogP contribution in [-0.2, 0) is 15.9 Å². The molecule has 0 heterocycles. The maximum atomic E-state index is 11.4. The molecule has 0 spiro atoms. The lowest BCUT2D eigenvalue weighted by Crippen LogP contribution is -2.18. The summed E-state index contributed by atoms with van der Waals surface area (Å²) in [6.07, 6.45) is 0. The summed E-state index contributed by atoms with van der Waals surface area (Å²) in [7, 11) is -2.08. The van der Waals surface area contributed by atoms with Gasteiger partial charge in [-0.2, -0.15) is 0 Å². The summed E-state index contributed by atoms with van der Waals surface area (Å²) in [5.74, 6) is 0.263. The van der Waals surface area contributed by atoms with Crippen LogP contribution in [0, 0.1) is 0 Å². The Morgan fingerprint density at radius 2 is 2.07 bits per heavy atom. The standard InChI is InChI=1S/C8H9Cl2NO2S/c1-11-14(12,13)7-3-2-6(5-9)8(10)4-7/h2-4,11H,5H2,1H3. The highest BCUT2D eigenvalue weighted by Crippen LogP contribution is 2.21. The molecular formula is C8H9Cl2NO2S. The second-order valence-electron chi connectivity index (χ2n) is 2.59. The molecule has 0 unspecified atom stereocenters. The Hall–Kier alpha value is -0.290. The fraction of sp³-hybridized carbons (Fsp3) is 0.250. The minimum Gasteiger partial charge on any atom is -0.214 e. The van der Waals surface area contributed by atoms with Crippen molar-refractivity contribution in [1.82, 2.24) is 4.72 Å². The SMILES string of the molecule is CNS(=O)(=O)c1ccc(CCl)c(Cl)c1. The molecule has 14 heavy (non-hydrogen) atoms. The van der Waals surface area contributed by atoms with E-state index in [0.29, 0.717) is 10.6 Å². The Morgan fingerprint density at radius 3 is 2.50 bits per heavy atom. The Balaban J connectivity index is 3.22. The van der Waals surface area contributed by atoms with Crippen LogP contribution in [0.25, 0.3) is 0 Å². The van der Waals surface area contributed by atoms with Gasteiger partial charge in [0.1, 0.15) is 0 Å². The maximum absolute atomic E-state index is 11.4. The van der Waals surface area contributed by atoms with Gasteiger partial charge in [0.2, 0.25) is 10.0 Å². The summed E-state index contributed by atoms with van der Waals surface area (Å²) in [6, 6.07) is 4.44. The highest BCUT2D eigenvalue weighted by atomic mass is 35.5. The second kappa shape index (κ2) is 4.49. The smallest absolute Gasteiger partial charge is 0.214 e. The maximum Gasteiger partial charge on any atom is 0.240 e. The number of sulfonamides is 1. The predicted molar refractivity (Wildman–Crippen MR) is 57.3 cm³/mol. The lowest BCUT2D eigenvalue weighted by Gasteiger charge is -2.04. The van der Waals surface area contributed by atoms with Gasteiger partial charge in [-0.25, -0.2) is 13.1 Å². The lowest BCUT2D eigenvalue weighted by molar-refractivity contribution is 0.588. The van der Waals surface area contributed by atoms with Crippen molar-refractivity contribution in [1.29, 1.82) is 0 Å². The third kappa shape index (κ3) is 2.39. The van der Waals surface area contributed by atoms with Crippen LogP contribution in [0.4, 0.5) is 0 Å². The Labute approximate surface area is 93.1 Å². The zero-order valence-electron chi connectivity index (χ0n) is 7.42. The molecule has 0 saturated carbocycles. The topological polar surface area (TPSA) is 46.2 Å². The van der Waals surface area contributed by atoms with E-state index in [-0.39, 0.29) is 10.8 Å². The van der Waals surface area contributed by atoms with Gasteiger partial charge in [-0.15, -0.1) is 11.6 Å². The van der Waals surface area contributed by atoms with Crippen molar-refractivity contribution < 1.29 is 8.42 Å². The molecule has 78 valence electrons. The molecule has 1 aromatic carbocycles. The van der Waals surface area contributed by atoms with Gasteiger partial charge in [-0.1, -0.05) is 17.7 Å². The summed E-state index contributed by atoms with van der Waals surface area (Å²) in [5.41, 5.74) is 0.711. The van der Waals surface area contributed by atoms with Gasteiger partial charge in [0, 0.05) is 10.9 Å². The van der Waals surface area contributed by atoms with E-state index in [1.54, 1.807) is 6.07 Å². The molecule has 0 aromatic heterocycles. The van der Waals surface area contributed by atoms with E-state index in [1.807, 2.05) is 0 Å². The fourth-order valence-electron chi connectivity index (χ4n) is 0.921. The van der Waals surface area contributed by atoms with E-state index in [0.717, 1.165) is 0 Å². The lowest BCUT2D eigenvalue weighted by atomic mass is 10.2. The zero-order chi connectivity index (χ0) is 10.8. The second-order valence-corrected chi connectivity index (χ2v) is 5.16. The number of alkyl halides is 1. The molecule has 0 radical (unpaired) electrons. The summed E-state index contributed by atoms with van der Waals surface area (Å²) in [6.45, 7) is 0. The molecule has 0 atom stereocenters. The first kappa shape index (κ1) is 11.8. The molecule has 0 bridgehead atoms. The molecular weight excluding hydrogens is 245 g/mol. The molecule has 0 saturated heterocycles. The number of rotatable bonds is 3. The van der Waals surface area contributed by atoms with Crippen molar-refractivity contribution in [2.75, 3.05) is 7.05 Å². The van der Waals surface area contributed by atoms with Crippen LogP contribution >= 0.6 is 23.2 Å². The van der Waals surface area contributed by atoms with Crippen molar-refractivity contribution >= 4 is 33.2 Å². The monoisotopic (exact) mass is 253 g/mol. The Kier molecular flexibility index (Phi) is 3.78. The minimum absolute atomic E-state index is 0.138. The third-order valence-corrected chi connectivity index (χ3v) is 3.80. The number of hydrogen-bond donors (Lipinski definition) is 1. The van der Waals surface area contributed by atoms with Crippen molar-refractivity contribution in [3.8, 4) is 0 Å². The summed E-state index contributed by atoms with van der Waals surface area (Å²) in [4.78, 5) is 0.138. The molecule has 0 aliphatic carbocycles. The normalized spacial score (nSPS) is 11.6. The van der Waals surface area contributed by atoms with Gasteiger partial charge in [-0.3, -0.25) is 0 Å². The van der Waals surface area contributed by atoms with Crippen LogP contribution in [0.3, 0.4) is 0 Å². The largest absolute Gasteiger partial charge is 0.240 e.